The highest BCUT2D eigenvalue weighted by atomic mass is 32.2. The van der Waals surface area contributed by atoms with Crippen LogP contribution >= 0.6 is 11.3 Å². The van der Waals surface area contributed by atoms with Gasteiger partial charge in [-0.25, -0.2) is 4.98 Å². The van der Waals surface area contributed by atoms with Gasteiger partial charge in [-0.15, -0.1) is 11.3 Å². The predicted octanol–water partition coefficient (Wildman–Crippen LogP) is 2.95. The molecule has 1 aromatic heterocycles. The number of esters is 1. The maximum absolute atomic E-state index is 13.7. The van der Waals surface area contributed by atoms with Crippen molar-refractivity contribution in [2.24, 2.45) is 17.3 Å². The van der Waals surface area contributed by atoms with Crippen LogP contribution in [0.1, 0.15) is 77.4 Å². The first-order chi connectivity index (χ1) is 20.1. The lowest BCUT2D eigenvalue weighted by Gasteiger charge is -2.34. The Hall–Kier alpha value is -1.74. The van der Waals surface area contributed by atoms with Crippen molar-refractivity contribution in [3.8, 4) is 0 Å². The van der Waals surface area contributed by atoms with Gasteiger partial charge in [0.05, 0.1) is 48.0 Å². The summed E-state index contributed by atoms with van der Waals surface area (Å²) >= 11 is 1.50. The largest absolute Gasteiger partial charge is 0.458 e. The van der Waals surface area contributed by atoms with E-state index in [2.05, 4.69) is 4.98 Å². The van der Waals surface area contributed by atoms with Gasteiger partial charge in [-0.2, -0.15) is 17.0 Å². The number of carbonyl (C=O) groups excluding carboxylic acids is 2. The Morgan fingerprint density at radius 2 is 1.81 bits per heavy atom. The Balaban J connectivity index is 1.66. The molecule has 43 heavy (non-hydrogen) atoms. The van der Waals surface area contributed by atoms with Crippen LogP contribution in [0.15, 0.2) is 11.0 Å². The van der Waals surface area contributed by atoms with Gasteiger partial charge in [0.2, 0.25) is 0 Å². The molecule has 0 amide bonds. The predicted molar refractivity (Wildman–Crippen MR) is 163 cm³/mol. The molecule has 0 aliphatic carbocycles. The van der Waals surface area contributed by atoms with Gasteiger partial charge in [0.1, 0.15) is 11.9 Å². The number of Topliss-reactive ketones (excluding diaryl/α,β-unsaturated/α-hetero) is 1. The quantitative estimate of drug-likeness (QED) is 0.374. The summed E-state index contributed by atoms with van der Waals surface area (Å²) in [6.07, 6.45) is 0.483. The zero-order chi connectivity index (χ0) is 31.7. The molecule has 3 aliphatic rings. The number of hydrogen-bond acceptors (Lipinski definition) is 10. The van der Waals surface area contributed by atoms with E-state index in [0.29, 0.717) is 38.0 Å². The van der Waals surface area contributed by atoms with Gasteiger partial charge in [0, 0.05) is 42.9 Å². The highest BCUT2D eigenvalue weighted by Gasteiger charge is 2.57. The third kappa shape index (κ3) is 7.74. The van der Waals surface area contributed by atoms with Gasteiger partial charge < -0.3 is 19.7 Å². The molecule has 4 heterocycles. The monoisotopic (exact) mass is 641 g/mol. The fraction of sp³-hybridized carbons (Fsp3) is 0.767. The molecule has 13 heteroatoms. The number of cyclic esters (lactones) is 1. The molecule has 3 aliphatic heterocycles. The maximum atomic E-state index is 13.7. The summed E-state index contributed by atoms with van der Waals surface area (Å²) in [5.74, 6) is -1.98. The number of aliphatic hydroxyl groups is 2. The Labute approximate surface area is 259 Å². The molecule has 242 valence electrons. The molecule has 8 atom stereocenters. The summed E-state index contributed by atoms with van der Waals surface area (Å²) in [6.45, 7) is 11.7. The number of aromatic nitrogens is 1. The highest BCUT2D eigenvalue weighted by Crippen LogP contribution is 2.42. The molecule has 2 unspecified atom stereocenters. The minimum atomic E-state index is -3.77. The number of morpholine rings is 1. The van der Waals surface area contributed by atoms with E-state index in [0.717, 1.165) is 10.7 Å². The van der Waals surface area contributed by atoms with E-state index in [-0.39, 0.29) is 43.3 Å². The van der Waals surface area contributed by atoms with E-state index < -0.39 is 52.2 Å². The summed E-state index contributed by atoms with van der Waals surface area (Å²) in [5.41, 5.74) is 0.144. The molecule has 3 saturated heterocycles. The normalized spacial score (nSPS) is 35.7. The zero-order valence-corrected chi connectivity index (χ0v) is 27.7. The molecule has 11 nitrogen and oxygen atoms in total. The standard InChI is InChI=1S/C30H47N3O8S2/c1-18-8-7-9-23-24(33(23)43(38,39)32-10-12-40-13-11-32)15-25(19(2)14-22-17-42-21(4)31-22)41-27(35)16-26(34)30(5,6)29(37)20(3)28(18)36/h14,17-18,20,23-26,28,34,36H,7-13,15-16H2,1-6H3/b19-14+/t18-,20+,23+,24-,25-,26?,28-,33?/m0/s1. The van der Waals surface area contributed by atoms with E-state index in [1.54, 1.807) is 20.8 Å². The van der Waals surface area contributed by atoms with Crippen LogP contribution in [0.2, 0.25) is 0 Å². The first-order valence-electron chi connectivity index (χ1n) is 15.2. The molecule has 4 rings (SSSR count). The molecule has 2 N–H and O–H groups in total. The SMILES string of the molecule is C/C(=C\c1csc(C)n1)[C@@H]1C[C@H]2[C@@H](CCC[C@H](C)[C@H](O)[C@@H](C)C(=O)C(C)(C)C(O)CC(=O)O1)N2S(=O)(=O)N1CCOCC1. The molecule has 0 aromatic carbocycles. The third-order valence-electron chi connectivity index (χ3n) is 9.32. The lowest BCUT2D eigenvalue weighted by atomic mass is 9.73. The molecule has 0 spiro atoms. The van der Waals surface area contributed by atoms with Crippen molar-refractivity contribution in [2.45, 2.75) is 104 Å². The van der Waals surface area contributed by atoms with Gasteiger partial charge in [0.25, 0.3) is 10.2 Å². The van der Waals surface area contributed by atoms with Gasteiger partial charge in [-0.05, 0) is 44.3 Å². The number of carbonyl (C=O) groups is 2. The average Bonchev–Trinajstić information content (AvgIpc) is 3.50. The molecule has 0 bridgehead atoms. The van der Waals surface area contributed by atoms with E-state index in [1.165, 1.54) is 19.9 Å². The summed E-state index contributed by atoms with van der Waals surface area (Å²) in [4.78, 5) is 31.1. The molecule has 1 aromatic rings. The summed E-state index contributed by atoms with van der Waals surface area (Å²) in [7, 11) is -3.77. The van der Waals surface area contributed by atoms with Crippen molar-refractivity contribution in [1.29, 1.82) is 0 Å². The number of aryl methyl sites for hydroxylation is 1. The van der Waals surface area contributed by atoms with Crippen molar-refractivity contribution >= 4 is 39.4 Å². The molecular weight excluding hydrogens is 594 g/mol. The van der Waals surface area contributed by atoms with Gasteiger partial charge in [0.15, 0.2) is 0 Å². The van der Waals surface area contributed by atoms with Gasteiger partial charge in [-0.1, -0.05) is 34.1 Å². The number of rotatable bonds is 4. The second-order valence-corrected chi connectivity index (χ2v) is 15.8. The van der Waals surface area contributed by atoms with E-state index in [9.17, 15) is 28.2 Å². The van der Waals surface area contributed by atoms with E-state index >= 15 is 0 Å². The van der Waals surface area contributed by atoms with Crippen LogP contribution in [0.25, 0.3) is 6.08 Å². The minimum Gasteiger partial charge on any atom is -0.458 e. The Kier molecular flexibility index (Phi) is 10.9. The molecule has 3 fully saturated rings. The van der Waals surface area contributed by atoms with Crippen molar-refractivity contribution in [1.82, 2.24) is 13.6 Å². The molecule has 0 saturated carbocycles. The minimum absolute atomic E-state index is 0.217. The average molecular weight is 642 g/mol. The topological polar surface area (TPSA) is 146 Å². The van der Waals surface area contributed by atoms with E-state index in [4.69, 9.17) is 9.47 Å². The number of ether oxygens (including phenoxy) is 2. The van der Waals surface area contributed by atoms with Crippen LogP contribution < -0.4 is 0 Å². The lowest BCUT2D eigenvalue weighted by molar-refractivity contribution is -0.154. The fourth-order valence-electron chi connectivity index (χ4n) is 6.30. The Morgan fingerprint density at radius 1 is 1.14 bits per heavy atom. The number of thiazole rings is 1. The third-order valence-corrected chi connectivity index (χ3v) is 12.2. The summed E-state index contributed by atoms with van der Waals surface area (Å²) in [5, 5.41) is 24.9. The second kappa shape index (κ2) is 13.7. The van der Waals surface area contributed by atoms with Crippen molar-refractivity contribution in [2.75, 3.05) is 26.3 Å². The Morgan fingerprint density at radius 3 is 2.44 bits per heavy atom. The maximum Gasteiger partial charge on any atom is 0.309 e. The van der Waals surface area contributed by atoms with Gasteiger partial charge >= 0.3 is 5.97 Å². The number of aliphatic hydroxyl groups excluding tert-OH is 2. The number of fused-ring (bicyclic) bond motifs is 1. The van der Waals surface area contributed by atoms with Crippen molar-refractivity contribution in [3.63, 3.8) is 0 Å². The molecular formula is C30H47N3O8S2. The highest BCUT2D eigenvalue weighted by molar-refractivity contribution is 7.87. The van der Waals surface area contributed by atoms with Crippen LogP contribution in [-0.4, -0.2) is 101 Å². The van der Waals surface area contributed by atoms with Gasteiger partial charge in [-0.3, -0.25) is 9.59 Å². The first kappa shape index (κ1) is 34.1. The molecule has 0 radical (unpaired) electrons. The number of ketones is 1. The van der Waals surface area contributed by atoms with E-state index in [1.807, 2.05) is 32.2 Å². The fourth-order valence-corrected chi connectivity index (χ4v) is 8.85. The first-order valence-corrected chi connectivity index (χ1v) is 17.5. The summed E-state index contributed by atoms with van der Waals surface area (Å²) < 4.78 is 41.8. The van der Waals surface area contributed by atoms with Crippen LogP contribution in [0.4, 0.5) is 0 Å². The van der Waals surface area contributed by atoms with Crippen LogP contribution in [0.5, 0.6) is 0 Å². The second-order valence-electron chi connectivity index (χ2n) is 12.9. The Bertz CT molecular complexity index is 1290. The smallest absolute Gasteiger partial charge is 0.309 e. The van der Waals surface area contributed by atoms with Crippen molar-refractivity contribution in [3.05, 3.63) is 21.7 Å². The summed E-state index contributed by atoms with van der Waals surface area (Å²) in [6, 6.07) is -0.676. The number of nitrogens with zero attached hydrogens (tertiary/aromatic N) is 3. The van der Waals surface area contributed by atoms with Crippen LogP contribution in [-0.2, 0) is 29.3 Å². The van der Waals surface area contributed by atoms with Crippen LogP contribution in [0.3, 0.4) is 0 Å². The zero-order valence-electron chi connectivity index (χ0n) is 26.1. The number of hydrogen-bond donors (Lipinski definition) is 2. The van der Waals surface area contributed by atoms with Crippen molar-refractivity contribution < 1.29 is 37.7 Å². The lowest BCUT2D eigenvalue weighted by Crippen LogP contribution is -2.45. The van der Waals surface area contributed by atoms with Crippen LogP contribution in [0, 0.1) is 24.2 Å².